The topological polar surface area (TPSA) is 63.1 Å². The molecule has 0 saturated carbocycles. The summed E-state index contributed by atoms with van der Waals surface area (Å²) in [5.41, 5.74) is 1.28. The number of carbonyl (C=O) groups is 1. The van der Waals surface area contributed by atoms with E-state index in [0.29, 0.717) is 16.3 Å². The normalized spacial score (nSPS) is 10.1. The van der Waals surface area contributed by atoms with Gasteiger partial charge in [0.25, 0.3) is 0 Å². The second kappa shape index (κ2) is 4.28. The van der Waals surface area contributed by atoms with Gasteiger partial charge in [-0.1, -0.05) is 11.6 Å². The Kier molecular flexibility index (Phi) is 2.83. The maximum Gasteiger partial charge on any atom is 0.354 e. The van der Waals surface area contributed by atoms with Crippen molar-refractivity contribution in [2.45, 2.75) is 0 Å². The maximum absolute atomic E-state index is 10.6. The van der Waals surface area contributed by atoms with Crippen LogP contribution in [0.25, 0.3) is 11.3 Å². The molecule has 2 rings (SSSR count). The van der Waals surface area contributed by atoms with E-state index in [1.165, 1.54) is 12.3 Å². The summed E-state index contributed by atoms with van der Waals surface area (Å²) in [5.74, 6) is -1.06. The molecule has 4 nitrogen and oxygen atoms in total. The lowest BCUT2D eigenvalue weighted by Crippen LogP contribution is -1.99. The van der Waals surface area contributed by atoms with Crippen molar-refractivity contribution < 1.29 is 9.90 Å². The van der Waals surface area contributed by atoms with Crippen LogP contribution < -0.4 is 0 Å². The highest BCUT2D eigenvalue weighted by Crippen LogP contribution is 2.24. The molecule has 0 aliphatic carbocycles. The molecule has 0 atom stereocenters. The Bertz CT molecular complexity index is 526. The largest absolute Gasteiger partial charge is 0.477 e. The lowest BCUT2D eigenvalue weighted by atomic mass is 10.2. The molecule has 0 bridgehead atoms. The van der Waals surface area contributed by atoms with Gasteiger partial charge in [-0.15, -0.1) is 0 Å². The molecule has 1 N–H and O–H groups in total. The van der Waals surface area contributed by atoms with Gasteiger partial charge in [-0.25, -0.2) is 9.78 Å². The van der Waals surface area contributed by atoms with Gasteiger partial charge < -0.3 is 5.11 Å². The molecule has 0 aliphatic rings. The van der Waals surface area contributed by atoms with Crippen molar-refractivity contribution in [2.24, 2.45) is 0 Å². The Labute approximate surface area is 96.6 Å². The molecule has 0 amide bonds. The summed E-state index contributed by atoms with van der Waals surface area (Å²) in [6.07, 6.45) is 3.06. The fraction of sp³-hybridized carbons (Fsp3) is 0. The molecule has 0 aromatic carbocycles. The Morgan fingerprint density at radius 2 is 2.06 bits per heavy atom. The van der Waals surface area contributed by atoms with Crippen LogP contribution >= 0.6 is 11.6 Å². The van der Waals surface area contributed by atoms with Crippen LogP contribution in [0, 0.1) is 0 Å². The van der Waals surface area contributed by atoms with E-state index in [9.17, 15) is 4.79 Å². The monoisotopic (exact) mass is 234 g/mol. The molecule has 2 heterocycles. The third-order valence-corrected chi connectivity index (χ3v) is 2.32. The molecule has 0 aliphatic heterocycles. The molecule has 2 aromatic rings. The van der Waals surface area contributed by atoms with Crippen molar-refractivity contribution >= 4 is 17.6 Å². The number of carboxylic acid groups (broad SMARTS) is 1. The van der Waals surface area contributed by atoms with Crippen LogP contribution in [0.15, 0.2) is 36.7 Å². The Morgan fingerprint density at radius 1 is 1.25 bits per heavy atom. The zero-order valence-corrected chi connectivity index (χ0v) is 8.85. The lowest BCUT2D eigenvalue weighted by molar-refractivity contribution is 0.0690. The number of pyridine rings is 2. The van der Waals surface area contributed by atoms with E-state index in [4.69, 9.17) is 16.7 Å². The third kappa shape index (κ3) is 2.01. The lowest BCUT2D eigenvalue weighted by Gasteiger charge is -2.02. The van der Waals surface area contributed by atoms with Gasteiger partial charge >= 0.3 is 5.97 Å². The molecule has 16 heavy (non-hydrogen) atoms. The number of carboxylic acids is 1. The molecular formula is C11H7ClN2O2. The molecule has 80 valence electrons. The first-order chi connectivity index (χ1) is 7.68. The minimum Gasteiger partial charge on any atom is -0.477 e. The summed E-state index contributed by atoms with van der Waals surface area (Å²) < 4.78 is 0. The molecule has 0 unspecified atom stereocenters. The van der Waals surface area contributed by atoms with Gasteiger partial charge in [-0.3, -0.25) is 4.98 Å². The van der Waals surface area contributed by atoms with Gasteiger partial charge in [0.15, 0.2) is 0 Å². The predicted molar refractivity (Wildman–Crippen MR) is 59.4 cm³/mol. The average molecular weight is 235 g/mol. The molecule has 0 saturated heterocycles. The average Bonchev–Trinajstić information content (AvgIpc) is 2.30. The van der Waals surface area contributed by atoms with Gasteiger partial charge in [0.05, 0.1) is 10.7 Å². The second-order valence-corrected chi connectivity index (χ2v) is 3.48. The minimum absolute atomic E-state index is 0.00389. The summed E-state index contributed by atoms with van der Waals surface area (Å²) in [5, 5.41) is 9.20. The zero-order chi connectivity index (χ0) is 11.5. The van der Waals surface area contributed by atoms with Crippen molar-refractivity contribution in [3.05, 3.63) is 47.4 Å². The number of aromatic nitrogens is 2. The van der Waals surface area contributed by atoms with Crippen LogP contribution in [-0.4, -0.2) is 21.0 Å². The van der Waals surface area contributed by atoms with E-state index >= 15 is 0 Å². The van der Waals surface area contributed by atoms with Gasteiger partial charge in [-0.2, -0.15) is 0 Å². The van der Waals surface area contributed by atoms with Crippen molar-refractivity contribution in [3.63, 3.8) is 0 Å². The number of halogens is 1. The van der Waals surface area contributed by atoms with Crippen LogP contribution in [0.4, 0.5) is 0 Å². The van der Waals surface area contributed by atoms with Crippen molar-refractivity contribution in [1.29, 1.82) is 0 Å². The third-order valence-electron chi connectivity index (χ3n) is 2.01. The van der Waals surface area contributed by atoms with Crippen molar-refractivity contribution in [3.8, 4) is 11.3 Å². The Hall–Kier alpha value is -1.94. The standard InChI is InChI=1S/C11H7ClN2O2/c12-8-2-1-5-13-10(8)7-3-4-9(11(15)16)14-6-7/h1-6H,(H,15,16). The van der Waals surface area contributed by atoms with Crippen molar-refractivity contribution in [1.82, 2.24) is 9.97 Å². The first-order valence-electron chi connectivity index (χ1n) is 4.49. The Morgan fingerprint density at radius 3 is 2.62 bits per heavy atom. The van der Waals surface area contributed by atoms with E-state index in [-0.39, 0.29) is 5.69 Å². The van der Waals surface area contributed by atoms with E-state index < -0.39 is 5.97 Å². The van der Waals surface area contributed by atoms with Crippen LogP contribution in [0.3, 0.4) is 0 Å². The van der Waals surface area contributed by atoms with E-state index in [0.717, 1.165) is 0 Å². The minimum atomic E-state index is -1.06. The fourth-order valence-electron chi connectivity index (χ4n) is 1.26. The van der Waals surface area contributed by atoms with Gasteiger partial charge in [0.1, 0.15) is 5.69 Å². The van der Waals surface area contributed by atoms with Gasteiger partial charge in [0.2, 0.25) is 0 Å². The Balaban J connectivity index is 2.43. The molecule has 0 spiro atoms. The zero-order valence-electron chi connectivity index (χ0n) is 8.09. The van der Waals surface area contributed by atoms with E-state index in [2.05, 4.69) is 9.97 Å². The van der Waals surface area contributed by atoms with Crippen molar-refractivity contribution in [2.75, 3.05) is 0 Å². The summed E-state index contributed by atoms with van der Waals surface area (Å²) in [7, 11) is 0. The van der Waals surface area contributed by atoms with Crippen LogP contribution in [0.1, 0.15) is 10.5 Å². The summed E-state index contributed by atoms with van der Waals surface area (Å²) in [6.45, 7) is 0. The van der Waals surface area contributed by atoms with Gasteiger partial charge in [-0.05, 0) is 24.3 Å². The molecule has 0 fully saturated rings. The van der Waals surface area contributed by atoms with Crippen LogP contribution in [-0.2, 0) is 0 Å². The van der Waals surface area contributed by atoms with E-state index in [1.807, 2.05) is 0 Å². The number of hydrogen-bond donors (Lipinski definition) is 1. The highest BCUT2D eigenvalue weighted by atomic mass is 35.5. The molecular weight excluding hydrogens is 228 g/mol. The number of nitrogens with zero attached hydrogens (tertiary/aromatic N) is 2. The van der Waals surface area contributed by atoms with E-state index in [1.54, 1.807) is 24.4 Å². The fourth-order valence-corrected chi connectivity index (χ4v) is 1.49. The van der Waals surface area contributed by atoms with Crippen LogP contribution in [0.2, 0.25) is 5.02 Å². The highest BCUT2D eigenvalue weighted by Gasteiger charge is 2.07. The maximum atomic E-state index is 10.6. The number of rotatable bonds is 2. The first kappa shape index (κ1) is 10.6. The molecule has 0 radical (unpaired) electrons. The second-order valence-electron chi connectivity index (χ2n) is 3.07. The smallest absolute Gasteiger partial charge is 0.354 e. The summed E-state index contributed by atoms with van der Waals surface area (Å²) in [4.78, 5) is 18.5. The SMILES string of the molecule is O=C(O)c1ccc(-c2ncccc2Cl)cn1. The quantitative estimate of drug-likeness (QED) is 0.867. The predicted octanol–water partition coefficient (Wildman–Crippen LogP) is 2.50. The van der Waals surface area contributed by atoms with Crippen LogP contribution in [0.5, 0.6) is 0 Å². The molecule has 5 heteroatoms. The van der Waals surface area contributed by atoms with Gasteiger partial charge in [0, 0.05) is 18.0 Å². The number of aromatic carboxylic acids is 1. The first-order valence-corrected chi connectivity index (χ1v) is 4.86. The highest BCUT2D eigenvalue weighted by molar-refractivity contribution is 6.33. The summed E-state index contributed by atoms with van der Waals surface area (Å²) >= 11 is 5.95. The number of hydrogen-bond acceptors (Lipinski definition) is 3. The summed E-state index contributed by atoms with van der Waals surface area (Å²) in [6, 6.07) is 6.49. The molecule has 2 aromatic heterocycles.